The standard InChI is InChI=1S/C7H12O4/c1-3-5(9)7(11)6(10)4(2)8/h6-7,10-11H,3H2,1-2H3. The first-order valence-electron chi connectivity index (χ1n) is 3.40. The van der Waals surface area contributed by atoms with Gasteiger partial charge >= 0.3 is 0 Å². The van der Waals surface area contributed by atoms with E-state index in [9.17, 15) is 9.59 Å². The summed E-state index contributed by atoms with van der Waals surface area (Å²) < 4.78 is 0. The molecule has 0 aromatic heterocycles. The second-order valence-electron chi connectivity index (χ2n) is 2.32. The molecule has 0 heterocycles. The van der Waals surface area contributed by atoms with Crippen molar-refractivity contribution in [1.82, 2.24) is 0 Å². The molecule has 0 fully saturated rings. The van der Waals surface area contributed by atoms with Gasteiger partial charge in [0.2, 0.25) is 0 Å². The summed E-state index contributed by atoms with van der Waals surface area (Å²) in [6.07, 6.45) is -3.01. The lowest BCUT2D eigenvalue weighted by atomic mass is 10.1. The van der Waals surface area contributed by atoms with Crippen molar-refractivity contribution in [2.24, 2.45) is 0 Å². The summed E-state index contributed by atoms with van der Waals surface area (Å²) in [6.45, 7) is 2.68. The molecule has 0 radical (unpaired) electrons. The normalized spacial score (nSPS) is 15.6. The molecule has 0 aliphatic heterocycles. The van der Waals surface area contributed by atoms with Crippen molar-refractivity contribution in [1.29, 1.82) is 0 Å². The van der Waals surface area contributed by atoms with E-state index in [1.165, 1.54) is 0 Å². The van der Waals surface area contributed by atoms with Gasteiger partial charge in [-0.15, -0.1) is 0 Å². The summed E-state index contributed by atoms with van der Waals surface area (Å²) in [7, 11) is 0. The molecule has 0 saturated carbocycles. The number of rotatable bonds is 4. The van der Waals surface area contributed by atoms with Gasteiger partial charge in [-0.05, 0) is 6.92 Å². The molecule has 0 aliphatic rings. The first-order chi connectivity index (χ1) is 5.00. The van der Waals surface area contributed by atoms with E-state index in [1.807, 2.05) is 0 Å². The van der Waals surface area contributed by atoms with Crippen LogP contribution in [0.15, 0.2) is 0 Å². The van der Waals surface area contributed by atoms with E-state index in [0.29, 0.717) is 0 Å². The smallest absolute Gasteiger partial charge is 0.164 e. The largest absolute Gasteiger partial charge is 0.382 e. The Balaban J connectivity index is 4.12. The maximum atomic E-state index is 10.7. The molecular weight excluding hydrogens is 148 g/mol. The van der Waals surface area contributed by atoms with Crippen LogP contribution in [0, 0.1) is 0 Å². The van der Waals surface area contributed by atoms with Gasteiger partial charge in [-0.25, -0.2) is 0 Å². The first-order valence-corrected chi connectivity index (χ1v) is 3.40. The average Bonchev–Trinajstić information content (AvgIpc) is 2.00. The van der Waals surface area contributed by atoms with Crippen LogP contribution in [0.4, 0.5) is 0 Å². The van der Waals surface area contributed by atoms with Crippen LogP contribution in [-0.4, -0.2) is 34.0 Å². The SMILES string of the molecule is CCC(=O)C(O)C(O)C(C)=O. The van der Waals surface area contributed by atoms with Crippen LogP contribution >= 0.6 is 0 Å². The van der Waals surface area contributed by atoms with Crippen molar-refractivity contribution < 1.29 is 19.8 Å². The van der Waals surface area contributed by atoms with Gasteiger partial charge < -0.3 is 10.2 Å². The molecule has 0 rings (SSSR count). The van der Waals surface area contributed by atoms with E-state index < -0.39 is 23.8 Å². The van der Waals surface area contributed by atoms with Gasteiger partial charge in [-0.2, -0.15) is 0 Å². The molecule has 2 atom stereocenters. The Kier molecular flexibility index (Phi) is 3.92. The van der Waals surface area contributed by atoms with Crippen molar-refractivity contribution in [3.05, 3.63) is 0 Å². The van der Waals surface area contributed by atoms with Gasteiger partial charge in [0.25, 0.3) is 0 Å². The lowest BCUT2D eigenvalue weighted by Crippen LogP contribution is -2.38. The third kappa shape index (κ3) is 2.78. The number of hydrogen-bond acceptors (Lipinski definition) is 4. The van der Waals surface area contributed by atoms with E-state index in [-0.39, 0.29) is 6.42 Å². The van der Waals surface area contributed by atoms with Crippen molar-refractivity contribution >= 4 is 11.6 Å². The van der Waals surface area contributed by atoms with Crippen molar-refractivity contribution in [2.75, 3.05) is 0 Å². The first kappa shape index (κ1) is 10.3. The average molecular weight is 160 g/mol. The predicted molar refractivity (Wildman–Crippen MR) is 38.0 cm³/mol. The van der Waals surface area contributed by atoms with Gasteiger partial charge in [-0.3, -0.25) is 9.59 Å². The minimum Gasteiger partial charge on any atom is -0.382 e. The Morgan fingerprint density at radius 3 is 2.00 bits per heavy atom. The minimum atomic E-state index is -1.57. The van der Waals surface area contributed by atoms with E-state index >= 15 is 0 Å². The fraction of sp³-hybridized carbons (Fsp3) is 0.714. The molecular formula is C7H12O4. The summed E-state index contributed by atoms with van der Waals surface area (Å²) in [5.74, 6) is -1.12. The fourth-order valence-electron chi connectivity index (χ4n) is 0.608. The highest BCUT2D eigenvalue weighted by Crippen LogP contribution is 1.98. The third-order valence-electron chi connectivity index (χ3n) is 1.39. The van der Waals surface area contributed by atoms with Crippen LogP contribution in [0.25, 0.3) is 0 Å². The molecule has 0 aromatic rings. The molecule has 0 bridgehead atoms. The molecule has 2 unspecified atom stereocenters. The van der Waals surface area contributed by atoms with E-state index in [4.69, 9.17) is 10.2 Å². The zero-order valence-corrected chi connectivity index (χ0v) is 6.57. The number of Topliss-reactive ketones (excluding diaryl/α,β-unsaturated/α-hetero) is 2. The van der Waals surface area contributed by atoms with Crippen LogP contribution in [0.3, 0.4) is 0 Å². The molecule has 2 N–H and O–H groups in total. The van der Waals surface area contributed by atoms with Crippen LogP contribution in [-0.2, 0) is 9.59 Å². The Hall–Kier alpha value is -0.740. The second kappa shape index (κ2) is 4.20. The van der Waals surface area contributed by atoms with Gasteiger partial charge in [0, 0.05) is 6.42 Å². The summed E-state index contributed by atoms with van der Waals surface area (Å²) in [5, 5.41) is 17.8. The molecule has 0 spiro atoms. The number of aliphatic hydroxyl groups is 2. The highest BCUT2D eigenvalue weighted by Gasteiger charge is 2.25. The Morgan fingerprint density at radius 1 is 1.27 bits per heavy atom. The predicted octanol–water partition coefficient (Wildman–Crippen LogP) is -0.724. The van der Waals surface area contributed by atoms with Gasteiger partial charge in [0.05, 0.1) is 0 Å². The summed E-state index contributed by atoms with van der Waals surface area (Å²) in [4.78, 5) is 21.1. The fourth-order valence-corrected chi connectivity index (χ4v) is 0.608. The molecule has 4 heteroatoms. The van der Waals surface area contributed by atoms with E-state index in [2.05, 4.69) is 0 Å². The lowest BCUT2D eigenvalue weighted by molar-refractivity contribution is -0.142. The topological polar surface area (TPSA) is 74.6 Å². The number of aliphatic hydroxyl groups excluding tert-OH is 2. The minimum absolute atomic E-state index is 0.117. The maximum absolute atomic E-state index is 10.7. The van der Waals surface area contributed by atoms with Gasteiger partial charge in [0.15, 0.2) is 11.6 Å². The molecule has 11 heavy (non-hydrogen) atoms. The molecule has 4 nitrogen and oxygen atoms in total. The zero-order valence-electron chi connectivity index (χ0n) is 6.57. The highest BCUT2D eigenvalue weighted by atomic mass is 16.3. The zero-order chi connectivity index (χ0) is 9.02. The Labute approximate surface area is 64.8 Å². The Morgan fingerprint density at radius 2 is 1.73 bits per heavy atom. The van der Waals surface area contributed by atoms with Crippen molar-refractivity contribution in [3.8, 4) is 0 Å². The van der Waals surface area contributed by atoms with Crippen LogP contribution < -0.4 is 0 Å². The highest BCUT2D eigenvalue weighted by molar-refractivity contribution is 5.91. The lowest BCUT2D eigenvalue weighted by Gasteiger charge is -2.12. The van der Waals surface area contributed by atoms with Gasteiger partial charge in [0.1, 0.15) is 12.2 Å². The van der Waals surface area contributed by atoms with Crippen LogP contribution in [0.5, 0.6) is 0 Å². The number of carbonyl (C=O) groups excluding carboxylic acids is 2. The molecule has 0 aliphatic carbocycles. The molecule has 0 amide bonds. The van der Waals surface area contributed by atoms with Crippen molar-refractivity contribution in [3.63, 3.8) is 0 Å². The number of ketones is 2. The molecule has 64 valence electrons. The number of hydrogen-bond donors (Lipinski definition) is 2. The van der Waals surface area contributed by atoms with E-state index in [1.54, 1.807) is 6.92 Å². The maximum Gasteiger partial charge on any atom is 0.164 e. The summed E-state index contributed by atoms with van der Waals surface area (Å²) >= 11 is 0. The van der Waals surface area contributed by atoms with Gasteiger partial charge in [-0.1, -0.05) is 6.92 Å². The Bertz CT molecular complexity index is 164. The summed E-state index contributed by atoms with van der Waals surface area (Å²) in [6, 6.07) is 0. The van der Waals surface area contributed by atoms with Crippen molar-refractivity contribution in [2.45, 2.75) is 32.5 Å². The van der Waals surface area contributed by atoms with Crippen LogP contribution in [0.2, 0.25) is 0 Å². The second-order valence-corrected chi connectivity index (χ2v) is 2.32. The molecule has 0 saturated heterocycles. The van der Waals surface area contributed by atoms with E-state index in [0.717, 1.165) is 6.92 Å². The quantitative estimate of drug-likeness (QED) is 0.569. The van der Waals surface area contributed by atoms with Crippen LogP contribution in [0.1, 0.15) is 20.3 Å². The third-order valence-corrected chi connectivity index (χ3v) is 1.39. The number of carbonyl (C=O) groups is 2. The monoisotopic (exact) mass is 160 g/mol. The molecule has 0 aromatic carbocycles. The summed E-state index contributed by atoms with van der Waals surface area (Å²) in [5.41, 5.74) is 0.